The molecule has 0 aliphatic rings. The zero-order chi connectivity index (χ0) is 10.4. The Hall–Kier alpha value is -0.450. The van der Waals surface area contributed by atoms with E-state index in [4.69, 9.17) is 0 Å². The van der Waals surface area contributed by atoms with E-state index in [9.17, 15) is 0 Å². The Labute approximate surface area is 89.9 Å². The molecule has 0 bridgehead atoms. The zero-order valence-electron chi connectivity index (χ0n) is 9.13. The van der Waals surface area contributed by atoms with Gasteiger partial charge in [0.25, 0.3) is 0 Å². The van der Waals surface area contributed by atoms with Crippen LogP contribution >= 0.6 is 11.3 Å². The van der Waals surface area contributed by atoms with Gasteiger partial charge in [-0.2, -0.15) is 0 Å². The van der Waals surface area contributed by atoms with E-state index in [1.165, 1.54) is 4.88 Å². The third-order valence-electron chi connectivity index (χ3n) is 1.99. The molecule has 4 heteroatoms. The second kappa shape index (κ2) is 6.11. The van der Waals surface area contributed by atoms with Crippen molar-refractivity contribution in [3.05, 3.63) is 16.1 Å². The van der Waals surface area contributed by atoms with Crippen LogP contribution in [0.25, 0.3) is 0 Å². The van der Waals surface area contributed by atoms with Crippen LogP contribution in [-0.2, 0) is 6.54 Å². The largest absolute Gasteiger partial charge is 0.315 e. The molecule has 0 saturated heterocycles. The lowest BCUT2D eigenvalue weighted by Gasteiger charge is -2.12. The minimum atomic E-state index is 0.511. The smallest absolute Gasteiger partial charge is 0.0897 e. The second-order valence-corrected chi connectivity index (χ2v) is 4.75. The van der Waals surface area contributed by atoms with Gasteiger partial charge in [-0.15, -0.1) is 11.3 Å². The average Bonchev–Trinajstić information content (AvgIpc) is 2.58. The van der Waals surface area contributed by atoms with Crippen molar-refractivity contribution in [2.45, 2.75) is 33.4 Å². The van der Waals surface area contributed by atoms with Gasteiger partial charge in [-0.3, -0.25) is 0 Å². The van der Waals surface area contributed by atoms with Crippen molar-refractivity contribution in [3.63, 3.8) is 0 Å². The van der Waals surface area contributed by atoms with Gasteiger partial charge in [0.2, 0.25) is 0 Å². The monoisotopic (exact) mass is 213 g/mol. The summed E-state index contributed by atoms with van der Waals surface area (Å²) in [6, 6.07) is 0.511. The summed E-state index contributed by atoms with van der Waals surface area (Å²) in [5.41, 5.74) is 0. The van der Waals surface area contributed by atoms with Crippen LogP contribution in [0.3, 0.4) is 0 Å². The Morgan fingerprint density at radius 3 is 2.93 bits per heavy atom. The fourth-order valence-electron chi connectivity index (χ4n) is 1.19. The van der Waals surface area contributed by atoms with Crippen molar-refractivity contribution in [1.29, 1.82) is 0 Å². The molecule has 1 aromatic heterocycles. The number of likely N-dealkylation sites (N-methyl/N-ethyl adjacent to an activating group) is 1. The van der Waals surface area contributed by atoms with Crippen molar-refractivity contribution in [3.8, 4) is 0 Å². The summed E-state index contributed by atoms with van der Waals surface area (Å²) in [6.45, 7) is 9.34. The van der Waals surface area contributed by atoms with Gasteiger partial charge in [0.15, 0.2) is 0 Å². The van der Waals surface area contributed by atoms with Gasteiger partial charge in [0.05, 0.1) is 5.01 Å². The van der Waals surface area contributed by atoms with E-state index < -0.39 is 0 Å². The molecular weight excluding hydrogens is 194 g/mol. The lowest BCUT2D eigenvalue weighted by atomic mass is 10.3. The predicted molar refractivity (Wildman–Crippen MR) is 61.7 cm³/mol. The molecule has 1 unspecified atom stereocenters. The highest BCUT2D eigenvalue weighted by atomic mass is 32.1. The lowest BCUT2D eigenvalue weighted by Crippen LogP contribution is -2.35. The van der Waals surface area contributed by atoms with Gasteiger partial charge in [-0.05, 0) is 20.4 Å². The first-order valence-corrected chi connectivity index (χ1v) is 5.89. The molecular formula is C10H19N3S. The SMILES string of the molecule is CCNCC(C)NCc1cnc(C)s1. The molecule has 0 aliphatic carbocycles. The van der Waals surface area contributed by atoms with Crippen molar-refractivity contribution < 1.29 is 0 Å². The quantitative estimate of drug-likeness (QED) is 0.752. The molecule has 0 fully saturated rings. The van der Waals surface area contributed by atoms with Crippen molar-refractivity contribution >= 4 is 11.3 Å². The Bertz CT molecular complexity index is 260. The molecule has 0 spiro atoms. The summed E-state index contributed by atoms with van der Waals surface area (Å²) in [5.74, 6) is 0. The van der Waals surface area contributed by atoms with Crippen LogP contribution in [0, 0.1) is 6.92 Å². The Balaban J connectivity index is 2.20. The van der Waals surface area contributed by atoms with E-state index in [1.807, 2.05) is 13.1 Å². The van der Waals surface area contributed by atoms with Crippen molar-refractivity contribution in [1.82, 2.24) is 15.6 Å². The number of hydrogen-bond donors (Lipinski definition) is 2. The molecule has 1 atom stereocenters. The molecule has 0 aliphatic heterocycles. The summed E-state index contributed by atoms with van der Waals surface area (Å²) in [7, 11) is 0. The van der Waals surface area contributed by atoms with Crippen molar-refractivity contribution in [2.75, 3.05) is 13.1 Å². The highest BCUT2D eigenvalue weighted by molar-refractivity contribution is 7.11. The molecule has 0 saturated carbocycles. The van der Waals surface area contributed by atoms with Crippen LogP contribution in [0.1, 0.15) is 23.7 Å². The number of nitrogens with one attached hydrogen (secondary N) is 2. The van der Waals surface area contributed by atoms with Crippen LogP contribution in [0.5, 0.6) is 0 Å². The van der Waals surface area contributed by atoms with Gasteiger partial charge in [-0.25, -0.2) is 4.98 Å². The average molecular weight is 213 g/mol. The molecule has 3 nitrogen and oxygen atoms in total. The summed E-state index contributed by atoms with van der Waals surface area (Å²) < 4.78 is 0. The Morgan fingerprint density at radius 2 is 2.36 bits per heavy atom. The number of nitrogens with zero attached hydrogens (tertiary/aromatic N) is 1. The maximum Gasteiger partial charge on any atom is 0.0897 e. The fraction of sp³-hybridized carbons (Fsp3) is 0.700. The topological polar surface area (TPSA) is 37.0 Å². The minimum Gasteiger partial charge on any atom is -0.315 e. The van der Waals surface area contributed by atoms with Crippen LogP contribution in [0.15, 0.2) is 6.20 Å². The summed E-state index contributed by atoms with van der Waals surface area (Å²) >= 11 is 1.76. The van der Waals surface area contributed by atoms with Crippen molar-refractivity contribution in [2.24, 2.45) is 0 Å². The number of hydrogen-bond acceptors (Lipinski definition) is 4. The standard InChI is InChI=1S/C10H19N3S/c1-4-11-5-8(2)12-6-10-7-13-9(3)14-10/h7-8,11-12H,4-6H2,1-3H3. The maximum atomic E-state index is 4.22. The van der Waals surface area contributed by atoms with Gasteiger partial charge >= 0.3 is 0 Å². The Morgan fingerprint density at radius 1 is 1.57 bits per heavy atom. The lowest BCUT2D eigenvalue weighted by molar-refractivity contribution is 0.511. The first-order valence-electron chi connectivity index (χ1n) is 5.07. The van der Waals surface area contributed by atoms with Gasteiger partial charge in [0.1, 0.15) is 0 Å². The number of thiazole rings is 1. The summed E-state index contributed by atoms with van der Waals surface area (Å²) in [5, 5.41) is 7.91. The predicted octanol–water partition coefficient (Wildman–Crippen LogP) is 1.54. The van der Waals surface area contributed by atoms with E-state index in [0.717, 1.165) is 24.6 Å². The number of rotatable bonds is 6. The molecule has 80 valence electrons. The van der Waals surface area contributed by atoms with Gasteiger partial charge in [-0.1, -0.05) is 6.92 Å². The van der Waals surface area contributed by atoms with E-state index in [2.05, 4.69) is 29.5 Å². The van der Waals surface area contributed by atoms with Gasteiger partial charge in [0, 0.05) is 30.2 Å². The number of aromatic nitrogens is 1. The minimum absolute atomic E-state index is 0.511. The van der Waals surface area contributed by atoms with Crippen LogP contribution < -0.4 is 10.6 Å². The van der Waals surface area contributed by atoms with E-state index in [-0.39, 0.29) is 0 Å². The highest BCUT2D eigenvalue weighted by Gasteiger charge is 2.02. The Kier molecular flexibility index (Phi) is 5.07. The maximum absolute atomic E-state index is 4.22. The molecule has 1 rings (SSSR count). The first kappa shape index (κ1) is 11.6. The molecule has 1 heterocycles. The third kappa shape index (κ3) is 4.17. The molecule has 0 radical (unpaired) electrons. The van der Waals surface area contributed by atoms with Crippen LogP contribution in [0.2, 0.25) is 0 Å². The molecule has 1 aromatic rings. The molecule has 14 heavy (non-hydrogen) atoms. The summed E-state index contributed by atoms with van der Waals surface area (Å²) in [4.78, 5) is 5.53. The second-order valence-electron chi connectivity index (χ2n) is 3.44. The van der Waals surface area contributed by atoms with Crippen LogP contribution in [-0.4, -0.2) is 24.1 Å². The highest BCUT2D eigenvalue weighted by Crippen LogP contribution is 2.10. The van der Waals surface area contributed by atoms with Gasteiger partial charge < -0.3 is 10.6 Å². The summed E-state index contributed by atoms with van der Waals surface area (Å²) in [6.07, 6.45) is 1.95. The van der Waals surface area contributed by atoms with E-state index in [1.54, 1.807) is 11.3 Å². The van der Waals surface area contributed by atoms with E-state index in [0.29, 0.717) is 6.04 Å². The normalized spacial score (nSPS) is 13.1. The van der Waals surface area contributed by atoms with E-state index >= 15 is 0 Å². The third-order valence-corrected chi connectivity index (χ3v) is 2.91. The fourth-order valence-corrected chi connectivity index (χ4v) is 1.94. The zero-order valence-corrected chi connectivity index (χ0v) is 9.95. The molecule has 2 N–H and O–H groups in total. The number of aryl methyl sites for hydroxylation is 1. The first-order chi connectivity index (χ1) is 6.72. The molecule has 0 amide bonds. The molecule has 0 aromatic carbocycles. The van der Waals surface area contributed by atoms with Crippen LogP contribution in [0.4, 0.5) is 0 Å².